The highest BCUT2D eigenvalue weighted by molar-refractivity contribution is 6.09. The summed E-state index contributed by atoms with van der Waals surface area (Å²) < 4.78 is 5.94. The average molecular weight is 291 g/mol. The van der Waals surface area contributed by atoms with Crippen LogP contribution in [0.5, 0.6) is 0 Å². The summed E-state index contributed by atoms with van der Waals surface area (Å²) in [7, 11) is 0. The van der Waals surface area contributed by atoms with Gasteiger partial charge in [-0.05, 0) is 45.6 Å². The zero-order valence-corrected chi connectivity index (χ0v) is 12.6. The van der Waals surface area contributed by atoms with Gasteiger partial charge < -0.3 is 9.84 Å². The maximum absolute atomic E-state index is 12.2. The molecule has 3 aliphatic rings. The van der Waals surface area contributed by atoms with Gasteiger partial charge in [0.2, 0.25) is 0 Å². The molecule has 1 saturated heterocycles. The van der Waals surface area contributed by atoms with Crippen molar-refractivity contribution in [2.45, 2.75) is 58.3 Å². The van der Waals surface area contributed by atoms with Crippen molar-refractivity contribution in [1.29, 1.82) is 0 Å². The predicted octanol–water partition coefficient (Wildman–Crippen LogP) is 2.09. The van der Waals surface area contributed by atoms with E-state index in [-0.39, 0.29) is 35.8 Å². The number of carboxylic acids is 1. The molecule has 0 unspecified atom stereocenters. The molecule has 2 heterocycles. The molecule has 1 amide bonds. The Bertz CT molecular complexity index is 561. The third-order valence-electron chi connectivity index (χ3n) is 4.64. The van der Waals surface area contributed by atoms with Gasteiger partial charge in [-0.2, -0.15) is 0 Å². The van der Waals surface area contributed by atoms with Crippen LogP contribution in [0.3, 0.4) is 0 Å². The molecule has 1 N–H and O–H groups in total. The number of carbonyl (C=O) groups is 2. The zero-order chi connectivity index (χ0) is 15.3. The Morgan fingerprint density at radius 2 is 2.14 bits per heavy atom. The number of β-lactam (4-membered cyclic amide) rings is 1. The second-order valence-electron chi connectivity index (χ2n) is 6.18. The van der Waals surface area contributed by atoms with Crippen molar-refractivity contribution in [3.63, 3.8) is 0 Å². The SMILES string of the molecule is C/C=C1/C(=O)N2C(C(=O)O)=C3[C@@H](OC(C)C)CCC[C@@H]3[C@H]12. The first-order chi connectivity index (χ1) is 9.97. The molecule has 2 aliphatic heterocycles. The first-order valence-corrected chi connectivity index (χ1v) is 7.60. The van der Waals surface area contributed by atoms with Crippen molar-refractivity contribution in [1.82, 2.24) is 4.90 Å². The van der Waals surface area contributed by atoms with E-state index in [1.165, 1.54) is 4.90 Å². The van der Waals surface area contributed by atoms with Gasteiger partial charge in [-0.15, -0.1) is 0 Å². The first kappa shape index (κ1) is 14.3. The lowest BCUT2D eigenvalue weighted by molar-refractivity contribution is -0.142. The van der Waals surface area contributed by atoms with E-state index in [1.54, 1.807) is 0 Å². The molecule has 114 valence electrons. The summed E-state index contributed by atoms with van der Waals surface area (Å²) in [6.45, 7) is 5.75. The van der Waals surface area contributed by atoms with Gasteiger partial charge in [-0.25, -0.2) is 4.79 Å². The number of carboxylic acid groups (broad SMARTS) is 1. The number of ether oxygens (including phenoxy) is 1. The zero-order valence-electron chi connectivity index (χ0n) is 12.6. The molecule has 21 heavy (non-hydrogen) atoms. The largest absolute Gasteiger partial charge is 0.477 e. The van der Waals surface area contributed by atoms with Crippen molar-refractivity contribution in [3.8, 4) is 0 Å². The average Bonchev–Trinajstić information content (AvgIpc) is 2.71. The molecule has 3 rings (SSSR count). The van der Waals surface area contributed by atoms with Gasteiger partial charge >= 0.3 is 5.97 Å². The van der Waals surface area contributed by atoms with Gasteiger partial charge in [0.25, 0.3) is 5.91 Å². The summed E-state index contributed by atoms with van der Waals surface area (Å²) in [5.41, 5.74) is 1.75. The predicted molar refractivity (Wildman–Crippen MR) is 76.4 cm³/mol. The van der Waals surface area contributed by atoms with Crippen LogP contribution in [0.1, 0.15) is 40.0 Å². The minimum Gasteiger partial charge on any atom is -0.477 e. The minimum atomic E-state index is -1.01. The summed E-state index contributed by atoms with van der Waals surface area (Å²) in [6.07, 6.45) is 4.46. The molecule has 5 nitrogen and oxygen atoms in total. The smallest absolute Gasteiger partial charge is 0.352 e. The summed E-state index contributed by atoms with van der Waals surface area (Å²) >= 11 is 0. The van der Waals surface area contributed by atoms with E-state index >= 15 is 0 Å². The molecule has 0 aromatic heterocycles. The topological polar surface area (TPSA) is 66.8 Å². The van der Waals surface area contributed by atoms with E-state index < -0.39 is 5.97 Å². The van der Waals surface area contributed by atoms with Crippen LogP contribution in [-0.4, -0.2) is 40.1 Å². The normalized spacial score (nSPS) is 33.3. The van der Waals surface area contributed by atoms with Gasteiger partial charge in [0, 0.05) is 11.5 Å². The van der Waals surface area contributed by atoms with E-state index in [0.29, 0.717) is 0 Å². The maximum atomic E-state index is 12.2. The number of hydrogen-bond donors (Lipinski definition) is 1. The summed E-state index contributed by atoms with van der Waals surface area (Å²) in [5.74, 6) is -1.07. The lowest BCUT2D eigenvalue weighted by Gasteiger charge is -2.42. The molecule has 0 spiro atoms. The molecule has 2 fully saturated rings. The molecule has 5 heteroatoms. The standard InChI is InChI=1S/C16H21NO4/c1-4-9-13-10-6-5-7-11(21-8(2)3)12(10)14(16(19)20)17(13)15(9)18/h4,8,10-11,13H,5-7H2,1-3H3,(H,19,20)/b9-4+/t10-,11-,13-/m0/s1. The molecule has 0 radical (unpaired) electrons. The monoisotopic (exact) mass is 291 g/mol. The molecule has 3 atom stereocenters. The summed E-state index contributed by atoms with van der Waals surface area (Å²) in [4.78, 5) is 25.3. The van der Waals surface area contributed by atoms with E-state index in [2.05, 4.69) is 0 Å². The van der Waals surface area contributed by atoms with Gasteiger partial charge in [0.1, 0.15) is 5.70 Å². The molecule has 1 aliphatic carbocycles. The van der Waals surface area contributed by atoms with Crippen molar-refractivity contribution < 1.29 is 19.4 Å². The lowest BCUT2D eigenvalue weighted by Crippen LogP contribution is -2.55. The van der Waals surface area contributed by atoms with Crippen LogP contribution in [0.25, 0.3) is 0 Å². The van der Waals surface area contributed by atoms with Crippen molar-refractivity contribution in [2.24, 2.45) is 5.92 Å². The number of rotatable bonds is 3. The Hall–Kier alpha value is -1.62. The van der Waals surface area contributed by atoms with Gasteiger partial charge in [-0.3, -0.25) is 9.69 Å². The van der Waals surface area contributed by atoms with Crippen LogP contribution in [-0.2, 0) is 14.3 Å². The molecular weight excluding hydrogens is 270 g/mol. The number of fused-ring (bicyclic) bond motifs is 3. The Morgan fingerprint density at radius 1 is 1.43 bits per heavy atom. The van der Waals surface area contributed by atoms with Crippen molar-refractivity contribution in [3.05, 3.63) is 22.9 Å². The van der Waals surface area contributed by atoms with Gasteiger partial charge in [0.05, 0.1) is 18.2 Å². The van der Waals surface area contributed by atoms with Crippen LogP contribution >= 0.6 is 0 Å². The Balaban J connectivity index is 2.04. The highest BCUT2D eigenvalue weighted by Gasteiger charge is 2.58. The van der Waals surface area contributed by atoms with E-state index in [4.69, 9.17) is 4.74 Å². The Kier molecular flexibility index (Phi) is 3.40. The third-order valence-corrected chi connectivity index (χ3v) is 4.64. The summed E-state index contributed by atoms with van der Waals surface area (Å²) in [5, 5.41) is 9.58. The van der Waals surface area contributed by atoms with Crippen LogP contribution < -0.4 is 0 Å². The fraction of sp³-hybridized carbons (Fsp3) is 0.625. The highest BCUT2D eigenvalue weighted by Crippen LogP contribution is 2.51. The molecular formula is C16H21NO4. The molecule has 0 aromatic rings. The Labute approximate surface area is 124 Å². The van der Waals surface area contributed by atoms with Crippen LogP contribution in [0.2, 0.25) is 0 Å². The van der Waals surface area contributed by atoms with E-state index in [9.17, 15) is 14.7 Å². The third kappa shape index (κ3) is 1.94. The van der Waals surface area contributed by atoms with Crippen molar-refractivity contribution >= 4 is 11.9 Å². The fourth-order valence-corrected chi connectivity index (χ4v) is 3.96. The second kappa shape index (κ2) is 4.98. The lowest BCUT2D eigenvalue weighted by atomic mass is 9.75. The molecule has 0 aromatic carbocycles. The second-order valence-corrected chi connectivity index (χ2v) is 6.18. The van der Waals surface area contributed by atoms with E-state index in [1.807, 2.05) is 26.8 Å². The number of hydrogen-bond acceptors (Lipinski definition) is 3. The number of allylic oxidation sites excluding steroid dienone is 1. The highest BCUT2D eigenvalue weighted by atomic mass is 16.5. The van der Waals surface area contributed by atoms with Crippen LogP contribution in [0, 0.1) is 5.92 Å². The van der Waals surface area contributed by atoms with E-state index in [0.717, 1.165) is 30.4 Å². The van der Waals surface area contributed by atoms with Crippen LogP contribution in [0.4, 0.5) is 0 Å². The Morgan fingerprint density at radius 3 is 2.71 bits per heavy atom. The van der Waals surface area contributed by atoms with Gasteiger partial charge in [-0.1, -0.05) is 6.08 Å². The summed E-state index contributed by atoms with van der Waals surface area (Å²) in [6, 6.07) is -0.0813. The molecule has 0 bridgehead atoms. The number of amides is 1. The van der Waals surface area contributed by atoms with Crippen molar-refractivity contribution in [2.75, 3.05) is 0 Å². The fourth-order valence-electron chi connectivity index (χ4n) is 3.96. The van der Waals surface area contributed by atoms with Crippen LogP contribution in [0.15, 0.2) is 22.9 Å². The minimum absolute atomic E-state index is 0.0430. The number of nitrogens with zero attached hydrogens (tertiary/aromatic N) is 1. The molecule has 1 saturated carbocycles. The van der Waals surface area contributed by atoms with Gasteiger partial charge in [0.15, 0.2) is 0 Å². The number of aliphatic carboxylic acids is 1. The maximum Gasteiger partial charge on any atom is 0.352 e. The first-order valence-electron chi connectivity index (χ1n) is 7.60. The number of carbonyl (C=O) groups excluding carboxylic acids is 1. The quantitative estimate of drug-likeness (QED) is 0.638.